The second-order valence-electron chi connectivity index (χ2n) is 7.12. The number of likely N-dealkylation sites (tertiary alicyclic amines) is 1. The highest BCUT2D eigenvalue weighted by atomic mass is 32.1. The van der Waals surface area contributed by atoms with Crippen molar-refractivity contribution >= 4 is 11.3 Å². The number of aliphatic hydroxyl groups is 1. The molecule has 20 heavy (non-hydrogen) atoms. The monoisotopic (exact) mass is 296 g/mol. The van der Waals surface area contributed by atoms with E-state index >= 15 is 0 Å². The zero-order chi connectivity index (χ0) is 14.8. The van der Waals surface area contributed by atoms with Gasteiger partial charge in [0.2, 0.25) is 0 Å². The van der Waals surface area contributed by atoms with Gasteiger partial charge in [-0.3, -0.25) is 0 Å². The molecule has 3 nitrogen and oxygen atoms in total. The molecule has 0 saturated carbocycles. The summed E-state index contributed by atoms with van der Waals surface area (Å²) in [6.45, 7) is 12.0. The second-order valence-corrected chi connectivity index (χ2v) is 8.06. The third-order valence-electron chi connectivity index (χ3n) is 4.13. The summed E-state index contributed by atoms with van der Waals surface area (Å²) in [5.74, 6) is 0. The van der Waals surface area contributed by atoms with E-state index in [4.69, 9.17) is 4.98 Å². The number of hydrogen-bond acceptors (Lipinski definition) is 4. The van der Waals surface area contributed by atoms with E-state index < -0.39 is 5.60 Å². The van der Waals surface area contributed by atoms with Gasteiger partial charge in [-0.05, 0) is 25.8 Å². The lowest BCUT2D eigenvalue weighted by Crippen LogP contribution is -2.45. The Morgan fingerprint density at radius 2 is 2.00 bits per heavy atom. The van der Waals surface area contributed by atoms with Crippen LogP contribution in [0, 0.1) is 0 Å². The Morgan fingerprint density at radius 1 is 1.35 bits per heavy atom. The fourth-order valence-electron chi connectivity index (χ4n) is 2.70. The minimum atomic E-state index is -0.544. The minimum Gasteiger partial charge on any atom is -0.389 e. The molecule has 0 aliphatic carbocycles. The lowest BCUT2D eigenvalue weighted by Gasteiger charge is -2.37. The van der Waals surface area contributed by atoms with Crippen molar-refractivity contribution in [1.82, 2.24) is 9.88 Å². The van der Waals surface area contributed by atoms with Crippen LogP contribution in [0.15, 0.2) is 5.38 Å². The first kappa shape index (κ1) is 15.9. The maximum Gasteiger partial charge on any atom is 0.0957 e. The Kier molecular flexibility index (Phi) is 4.88. The van der Waals surface area contributed by atoms with Crippen molar-refractivity contribution in [3.8, 4) is 0 Å². The summed E-state index contributed by atoms with van der Waals surface area (Å²) in [6, 6.07) is 0. The van der Waals surface area contributed by atoms with Crippen molar-refractivity contribution in [2.24, 2.45) is 0 Å². The number of aromatic nitrogens is 1. The van der Waals surface area contributed by atoms with Crippen LogP contribution in [0.3, 0.4) is 0 Å². The van der Waals surface area contributed by atoms with Gasteiger partial charge in [0.1, 0.15) is 0 Å². The average Bonchev–Trinajstić information content (AvgIpc) is 2.81. The van der Waals surface area contributed by atoms with Gasteiger partial charge in [-0.2, -0.15) is 0 Å². The molecule has 0 unspecified atom stereocenters. The molecule has 1 aromatic heterocycles. The summed E-state index contributed by atoms with van der Waals surface area (Å²) in [5.41, 5.74) is 0.698. The molecular formula is C16H28N2OS. The molecule has 2 rings (SSSR count). The van der Waals surface area contributed by atoms with Gasteiger partial charge in [-0.1, -0.05) is 27.7 Å². The average molecular weight is 296 g/mol. The number of nitrogens with zero attached hydrogens (tertiary/aromatic N) is 2. The van der Waals surface area contributed by atoms with Crippen LogP contribution < -0.4 is 0 Å². The maximum absolute atomic E-state index is 10.8. The van der Waals surface area contributed by atoms with Gasteiger partial charge in [0.15, 0.2) is 0 Å². The Labute approximate surface area is 127 Å². The van der Waals surface area contributed by atoms with Crippen LogP contribution in [0.1, 0.15) is 57.7 Å². The van der Waals surface area contributed by atoms with Gasteiger partial charge < -0.3 is 10.0 Å². The minimum absolute atomic E-state index is 0.0991. The second kappa shape index (κ2) is 6.12. The van der Waals surface area contributed by atoms with Gasteiger partial charge in [-0.15, -0.1) is 11.3 Å². The Bertz CT molecular complexity index is 428. The largest absolute Gasteiger partial charge is 0.389 e. The first-order chi connectivity index (χ1) is 9.32. The molecule has 0 aromatic carbocycles. The molecule has 0 amide bonds. The molecule has 4 heteroatoms. The fourth-order valence-corrected chi connectivity index (χ4v) is 3.86. The van der Waals surface area contributed by atoms with Crippen molar-refractivity contribution in [3.05, 3.63) is 16.1 Å². The van der Waals surface area contributed by atoms with E-state index in [0.29, 0.717) is 6.42 Å². The van der Waals surface area contributed by atoms with E-state index in [9.17, 15) is 5.11 Å². The molecule has 1 N–H and O–H groups in total. The standard InChI is InChI=1S/C16H28N2OS/c1-5-8-18-9-6-16(19,7-10-18)11-14-17-13(12-20-14)15(2,3)4/h12,19H,5-11H2,1-4H3. The lowest BCUT2D eigenvalue weighted by molar-refractivity contribution is -0.0205. The highest BCUT2D eigenvalue weighted by Crippen LogP contribution is 2.30. The van der Waals surface area contributed by atoms with Crippen LogP contribution in [0.5, 0.6) is 0 Å². The SMILES string of the molecule is CCCN1CCC(O)(Cc2nc(C(C)(C)C)cs2)CC1. The summed E-state index contributed by atoms with van der Waals surface area (Å²) < 4.78 is 0. The van der Waals surface area contributed by atoms with Crippen LogP contribution in [0.2, 0.25) is 0 Å². The van der Waals surface area contributed by atoms with E-state index in [0.717, 1.165) is 43.2 Å². The third-order valence-corrected chi connectivity index (χ3v) is 4.98. The van der Waals surface area contributed by atoms with Crippen molar-refractivity contribution in [3.63, 3.8) is 0 Å². The summed E-state index contributed by atoms with van der Waals surface area (Å²) in [5, 5.41) is 14.0. The van der Waals surface area contributed by atoms with Crippen molar-refractivity contribution in [2.75, 3.05) is 19.6 Å². The summed E-state index contributed by atoms with van der Waals surface area (Å²) in [7, 11) is 0. The van der Waals surface area contributed by atoms with Gasteiger partial charge in [0, 0.05) is 30.3 Å². The first-order valence-corrected chi connectivity index (χ1v) is 8.60. The predicted octanol–water partition coefficient (Wildman–Crippen LogP) is 3.22. The number of hydrogen-bond donors (Lipinski definition) is 1. The number of rotatable bonds is 4. The molecule has 1 fully saturated rings. The van der Waals surface area contributed by atoms with Crippen LogP contribution in [0.4, 0.5) is 0 Å². The highest BCUT2D eigenvalue weighted by molar-refractivity contribution is 7.09. The third kappa shape index (κ3) is 4.03. The molecule has 0 bridgehead atoms. The summed E-state index contributed by atoms with van der Waals surface area (Å²) >= 11 is 1.69. The van der Waals surface area contributed by atoms with E-state index in [1.807, 2.05) is 0 Å². The molecular weight excluding hydrogens is 268 g/mol. The van der Waals surface area contributed by atoms with Gasteiger partial charge in [0.25, 0.3) is 0 Å². The Balaban J connectivity index is 1.94. The van der Waals surface area contributed by atoms with Gasteiger partial charge >= 0.3 is 0 Å². The summed E-state index contributed by atoms with van der Waals surface area (Å²) in [6.07, 6.45) is 3.66. The molecule has 1 saturated heterocycles. The highest BCUT2D eigenvalue weighted by Gasteiger charge is 2.33. The van der Waals surface area contributed by atoms with E-state index in [2.05, 4.69) is 38.0 Å². The Morgan fingerprint density at radius 3 is 2.50 bits per heavy atom. The molecule has 2 heterocycles. The fraction of sp³-hybridized carbons (Fsp3) is 0.812. The van der Waals surface area contributed by atoms with Crippen molar-refractivity contribution in [2.45, 2.75) is 64.4 Å². The maximum atomic E-state index is 10.8. The normalized spacial score (nSPS) is 20.2. The number of thiazole rings is 1. The zero-order valence-corrected chi connectivity index (χ0v) is 14.1. The van der Waals surface area contributed by atoms with Gasteiger partial charge in [-0.25, -0.2) is 4.98 Å². The molecule has 114 valence electrons. The van der Waals surface area contributed by atoms with Crippen LogP contribution in [-0.4, -0.2) is 40.2 Å². The molecule has 0 spiro atoms. The van der Waals surface area contributed by atoms with Gasteiger partial charge in [0.05, 0.1) is 16.3 Å². The van der Waals surface area contributed by atoms with E-state index in [1.54, 1.807) is 11.3 Å². The molecule has 1 aromatic rings. The molecule has 1 aliphatic rings. The number of piperidine rings is 1. The van der Waals surface area contributed by atoms with Crippen molar-refractivity contribution in [1.29, 1.82) is 0 Å². The zero-order valence-electron chi connectivity index (χ0n) is 13.3. The van der Waals surface area contributed by atoms with Crippen molar-refractivity contribution < 1.29 is 5.11 Å². The summed E-state index contributed by atoms with van der Waals surface area (Å²) in [4.78, 5) is 7.18. The lowest BCUT2D eigenvalue weighted by atomic mass is 9.88. The molecule has 0 radical (unpaired) electrons. The molecule has 0 atom stereocenters. The predicted molar refractivity (Wildman–Crippen MR) is 85.4 cm³/mol. The topological polar surface area (TPSA) is 36.4 Å². The first-order valence-electron chi connectivity index (χ1n) is 7.72. The van der Waals surface area contributed by atoms with E-state index in [1.165, 1.54) is 6.42 Å². The smallest absolute Gasteiger partial charge is 0.0957 e. The van der Waals surface area contributed by atoms with E-state index in [-0.39, 0.29) is 5.41 Å². The van der Waals surface area contributed by atoms with Crippen LogP contribution in [0.25, 0.3) is 0 Å². The Hall–Kier alpha value is -0.450. The quantitative estimate of drug-likeness (QED) is 0.927. The molecule has 1 aliphatic heterocycles. The van der Waals surface area contributed by atoms with Crippen LogP contribution >= 0.6 is 11.3 Å². The van der Waals surface area contributed by atoms with Crippen LogP contribution in [-0.2, 0) is 11.8 Å².